The van der Waals surface area contributed by atoms with Crippen molar-refractivity contribution >= 4 is 28.1 Å². The first kappa shape index (κ1) is 17.2. The molecule has 0 bridgehead atoms. The van der Waals surface area contributed by atoms with Crippen molar-refractivity contribution in [2.45, 2.75) is 0 Å². The van der Waals surface area contributed by atoms with E-state index in [0.717, 1.165) is 16.6 Å². The lowest BCUT2D eigenvalue weighted by Gasteiger charge is -2.01. The first-order valence-electron chi connectivity index (χ1n) is 8.19. The minimum atomic E-state index is 0.00269. The van der Waals surface area contributed by atoms with Gasteiger partial charge in [0.2, 0.25) is 0 Å². The van der Waals surface area contributed by atoms with Crippen LogP contribution in [0.5, 0.6) is 0 Å². The van der Waals surface area contributed by atoms with E-state index in [9.17, 15) is 4.79 Å². The van der Waals surface area contributed by atoms with Gasteiger partial charge in [-0.3, -0.25) is 9.78 Å². The maximum Gasteiger partial charge on any atom is 0.193 e. The Kier molecular flexibility index (Phi) is 5.25. The number of carbonyl (C=O) groups is 1. The summed E-state index contributed by atoms with van der Waals surface area (Å²) in [7, 11) is 0. The number of ketones is 1. The first-order chi connectivity index (χ1) is 12.6. The second-order valence-corrected chi connectivity index (χ2v) is 5.78. The lowest BCUT2D eigenvalue weighted by Crippen LogP contribution is -2.01. The van der Waals surface area contributed by atoms with E-state index in [1.807, 2.05) is 48.5 Å². The third kappa shape index (κ3) is 4.24. The van der Waals surface area contributed by atoms with E-state index in [2.05, 4.69) is 4.98 Å². The number of aromatic nitrogens is 1. The molecule has 0 atom stereocenters. The molecule has 3 aromatic carbocycles. The third-order valence-electron chi connectivity index (χ3n) is 3.81. The molecule has 4 nitrogen and oxygen atoms in total. The standard InChI is InChI=1S/C13H11NO.C9H8N2/c14-12-8-4-7-11(9-12)13(15)10-5-2-1-3-6-10;10-8-3-4-9-7(6-8)2-1-5-11-9/h1-9H,14H2;1-6H,10H2. The zero-order valence-corrected chi connectivity index (χ0v) is 14.2. The van der Waals surface area contributed by atoms with Crippen molar-refractivity contribution in [2.24, 2.45) is 0 Å². The molecule has 4 N–H and O–H groups in total. The van der Waals surface area contributed by atoms with Gasteiger partial charge >= 0.3 is 0 Å². The summed E-state index contributed by atoms with van der Waals surface area (Å²) in [5.74, 6) is 0.00269. The Morgan fingerprint density at radius 1 is 0.692 bits per heavy atom. The van der Waals surface area contributed by atoms with E-state index in [4.69, 9.17) is 11.5 Å². The molecule has 0 unspecified atom stereocenters. The van der Waals surface area contributed by atoms with Gasteiger partial charge in [-0.15, -0.1) is 0 Å². The minimum Gasteiger partial charge on any atom is -0.399 e. The van der Waals surface area contributed by atoms with Crippen molar-refractivity contribution in [3.63, 3.8) is 0 Å². The SMILES string of the molecule is Nc1ccc2ncccc2c1.Nc1cccc(C(=O)c2ccccc2)c1. The topological polar surface area (TPSA) is 82.0 Å². The minimum absolute atomic E-state index is 0.00269. The van der Waals surface area contributed by atoms with Gasteiger partial charge in [-0.25, -0.2) is 0 Å². The third-order valence-corrected chi connectivity index (χ3v) is 3.81. The lowest BCUT2D eigenvalue weighted by atomic mass is 10.0. The van der Waals surface area contributed by atoms with Gasteiger partial charge < -0.3 is 11.5 Å². The molecule has 0 aliphatic heterocycles. The molecule has 4 rings (SSSR count). The van der Waals surface area contributed by atoms with Crippen LogP contribution in [0.1, 0.15) is 15.9 Å². The highest BCUT2D eigenvalue weighted by atomic mass is 16.1. The average molecular weight is 341 g/mol. The van der Waals surface area contributed by atoms with E-state index in [1.54, 1.807) is 42.6 Å². The molecule has 0 radical (unpaired) electrons. The summed E-state index contributed by atoms with van der Waals surface area (Å²) >= 11 is 0. The molecule has 4 heteroatoms. The average Bonchev–Trinajstić information content (AvgIpc) is 2.68. The van der Waals surface area contributed by atoms with Crippen LogP contribution in [0.25, 0.3) is 10.9 Å². The summed E-state index contributed by atoms with van der Waals surface area (Å²) in [6, 6.07) is 25.8. The van der Waals surface area contributed by atoms with Crippen molar-refractivity contribution in [1.29, 1.82) is 0 Å². The van der Waals surface area contributed by atoms with Gasteiger partial charge in [0, 0.05) is 34.1 Å². The zero-order valence-electron chi connectivity index (χ0n) is 14.2. The molecule has 26 heavy (non-hydrogen) atoms. The van der Waals surface area contributed by atoms with E-state index < -0.39 is 0 Å². The van der Waals surface area contributed by atoms with Gasteiger partial charge in [0.15, 0.2) is 5.78 Å². The van der Waals surface area contributed by atoms with Crippen LogP contribution in [-0.4, -0.2) is 10.8 Å². The maximum absolute atomic E-state index is 11.9. The molecular formula is C22H19N3O. The van der Waals surface area contributed by atoms with Crippen LogP contribution < -0.4 is 11.5 Å². The molecule has 0 amide bonds. The van der Waals surface area contributed by atoms with Crippen molar-refractivity contribution in [1.82, 2.24) is 4.98 Å². The molecule has 0 saturated heterocycles. The zero-order chi connectivity index (χ0) is 18.4. The molecule has 128 valence electrons. The highest BCUT2D eigenvalue weighted by molar-refractivity contribution is 6.09. The van der Waals surface area contributed by atoms with Crippen molar-refractivity contribution in [3.05, 3.63) is 102 Å². The summed E-state index contributed by atoms with van der Waals surface area (Å²) in [5.41, 5.74) is 14.9. The number of benzene rings is 3. The number of anilines is 2. The number of rotatable bonds is 2. The molecule has 0 aliphatic rings. The van der Waals surface area contributed by atoms with Crippen LogP contribution >= 0.6 is 0 Å². The summed E-state index contributed by atoms with van der Waals surface area (Å²) < 4.78 is 0. The van der Waals surface area contributed by atoms with Crippen LogP contribution in [0.4, 0.5) is 11.4 Å². The molecule has 0 saturated carbocycles. The number of nitrogens with two attached hydrogens (primary N) is 2. The van der Waals surface area contributed by atoms with Gasteiger partial charge in [0.1, 0.15) is 0 Å². The molecule has 0 spiro atoms. The number of fused-ring (bicyclic) bond motifs is 1. The highest BCUT2D eigenvalue weighted by Crippen LogP contribution is 2.14. The number of hydrogen-bond donors (Lipinski definition) is 2. The fourth-order valence-corrected chi connectivity index (χ4v) is 2.53. The second-order valence-electron chi connectivity index (χ2n) is 5.78. The Labute approximate surface area is 152 Å². The second kappa shape index (κ2) is 7.94. The number of nitrogen functional groups attached to an aromatic ring is 2. The normalized spacial score (nSPS) is 10.0. The van der Waals surface area contributed by atoms with Crippen molar-refractivity contribution < 1.29 is 4.79 Å². The van der Waals surface area contributed by atoms with E-state index >= 15 is 0 Å². The smallest absolute Gasteiger partial charge is 0.193 e. The molecular weight excluding hydrogens is 322 g/mol. The van der Waals surface area contributed by atoms with Crippen molar-refractivity contribution in [2.75, 3.05) is 11.5 Å². The van der Waals surface area contributed by atoms with Gasteiger partial charge in [-0.2, -0.15) is 0 Å². The van der Waals surface area contributed by atoms with Gasteiger partial charge in [0.25, 0.3) is 0 Å². The molecule has 1 heterocycles. The van der Waals surface area contributed by atoms with Gasteiger partial charge in [-0.05, 0) is 36.4 Å². The van der Waals surface area contributed by atoms with Crippen LogP contribution in [0.3, 0.4) is 0 Å². The molecule has 1 aromatic heterocycles. The van der Waals surface area contributed by atoms with E-state index in [0.29, 0.717) is 16.8 Å². The van der Waals surface area contributed by atoms with Crippen LogP contribution in [-0.2, 0) is 0 Å². The Hall–Kier alpha value is -3.66. The Morgan fingerprint density at radius 3 is 2.19 bits per heavy atom. The number of nitrogens with zero attached hydrogens (tertiary/aromatic N) is 1. The first-order valence-corrected chi connectivity index (χ1v) is 8.19. The maximum atomic E-state index is 11.9. The summed E-state index contributed by atoms with van der Waals surface area (Å²) in [6.45, 7) is 0. The molecule has 0 fully saturated rings. The Morgan fingerprint density at radius 2 is 1.42 bits per heavy atom. The Bertz CT molecular complexity index is 1030. The largest absolute Gasteiger partial charge is 0.399 e. The van der Waals surface area contributed by atoms with E-state index in [-0.39, 0.29) is 5.78 Å². The summed E-state index contributed by atoms with van der Waals surface area (Å²) in [5, 5.41) is 1.09. The van der Waals surface area contributed by atoms with Gasteiger partial charge in [-0.1, -0.05) is 48.5 Å². The number of pyridine rings is 1. The van der Waals surface area contributed by atoms with Crippen LogP contribution in [0, 0.1) is 0 Å². The predicted octanol–water partition coefficient (Wildman–Crippen LogP) is 4.32. The summed E-state index contributed by atoms with van der Waals surface area (Å²) in [6.07, 6.45) is 1.78. The lowest BCUT2D eigenvalue weighted by molar-refractivity contribution is 0.103. The van der Waals surface area contributed by atoms with Crippen LogP contribution in [0.2, 0.25) is 0 Å². The van der Waals surface area contributed by atoms with Gasteiger partial charge in [0.05, 0.1) is 5.52 Å². The number of carbonyl (C=O) groups excluding carboxylic acids is 1. The Balaban J connectivity index is 0.000000158. The molecule has 4 aromatic rings. The number of hydrogen-bond acceptors (Lipinski definition) is 4. The van der Waals surface area contributed by atoms with Crippen LogP contribution in [0.15, 0.2) is 91.1 Å². The fraction of sp³-hybridized carbons (Fsp3) is 0. The molecule has 0 aliphatic carbocycles. The van der Waals surface area contributed by atoms with E-state index in [1.165, 1.54) is 0 Å². The summed E-state index contributed by atoms with van der Waals surface area (Å²) in [4.78, 5) is 16.1. The fourth-order valence-electron chi connectivity index (χ4n) is 2.53. The predicted molar refractivity (Wildman–Crippen MR) is 107 cm³/mol. The van der Waals surface area contributed by atoms with Crippen molar-refractivity contribution in [3.8, 4) is 0 Å². The quantitative estimate of drug-likeness (QED) is 0.420. The monoisotopic (exact) mass is 341 g/mol. The highest BCUT2D eigenvalue weighted by Gasteiger charge is 2.07.